The number of amides is 2. The van der Waals surface area contributed by atoms with E-state index in [0.29, 0.717) is 12.2 Å². The summed E-state index contributed by atoms with van der Waals surface area (Å²) in [6.07, 6.45) is 1.57. The molecule has 0 spiro atoms. The van der Waals surface area contributed by atoms with Gasteiger partial charge < -0.3 is 19.6 Å². The Balaban J connectivity index is 2.11. The maximum Gasteiger partial charge on any atom is 0.257 e. The molecule has 0 aliphatic carbocycles. The summed E-state index contributed by atoms with van der Waals surface area (Å²) in [6.45, 7) is 10.4. The molecule has 2 aromatic rings. The van der Waals surface area contributed by atoms with Gasteiger partial charge in [-0.3, -0.25) is 9.59 Å². The molecule has 1 N–H and O–H groups in total. The average molecular weight is 419 g/mol. The third-order valence-electron chi connectivity index (χ3n) is 5.10. The van der Waals surface area contributed by atoms with E-state index in [1.807, 2.05) is 6.92 Å². The number of carbonyl (C=O) groups is 2. The van der Waals surface area contributed by atoms with E-state index in [2.05, 4.69) is 29.2 Å². The summed E-state index contributed by atoms with van der Waals surface area (Å²) < 4.78 is 19.2. The average Bonchev–Trinajstić information content (AvgIpc) is 3.13. The lowest BCUT2D eigenvalue weighted by atomic mass is 10.1. The molecule has 1 aromatic heterocycles. The quantitative estimate of drug-likeness (QED) is 0.602. The lowest BCUT2D eigenvalue weighted by molar-refractivity contribution is -0.117. The second-order valence-electron chi connectivity index (χ2n) is 7.30. The van der Waals surface area contributed by atoms with Gasteiger partial charge in [0, 0.05) is 12.1 Å². The maximum atomic E-state index is 14.2. The number of aromatic nitrogens is 1. The Kier molecular flexibility index (Phi) is 8.98. The highest BCUT2D eigenvalue weighted by Gasteiger charge is 2.26. The van der Waals surface area contributed by atoms with Gasteiger partial charge in [0.05, 0.1) is 5.56 Å². The predicted molar refractivity (Wildman–Crippen MR) is 114 cm³/mol. The fraction of sp³-hybridized carbons (Fsp3) is 0.500. The molecular weight excluding hydrogens is 387 g/mol. The molecule has 164 valence electrons. The fourth-order valence-electron chi connectivity index (χ4n) is 3.29. The summed E-state index contributed by atoms with van der Waals surface area (Å²) in [5.74, 6) is -0.673. The molecule has 0 aliphatic heterocycles. The van der Waals surface area contributed by atoms with Crippen molar-refractivity contribution in [3.63, 3.8) is 0 Å². The molecule has 1 aromatic carbocycles. The van der Waals surface area contributed by atoms with E-state index < -0.39 is 17.6 Å². The van der Waals surface area contributed by atoms with Gasteiger partial charge >= 0.3 is 0 Å². The van der Waals surface area contributed by atoms with Gasteiger partial charge in [0.25, 0.3) is 5.91 Å². The number of carbonyl (C=O) groups excluding carboxylic acids is 2. The van der Waals surface area contributed by atoms with Crippen LogP contribution in [0.5, 0.6) is 0 Å². The molecule has 1 atom stereocenters. The summed E-state index contributed by atoms with van der Waals surface area (Å²) in [7, 11) is 0. The minimum Gasteiger partial charge on any atom is -0.360 e. The van der Waals surface area contributed by atoms with Crippen molar-refractivity contribution in [2.45, 2.75) is 46.6 Å². The van der Waals surface area contributed by atoms with Crippen LogP contribution >= 0.6 is 0 Å². The summed E-state index contributed by atoms with van der Waals surface area (Å²) in [5.41, 5.74) is -0.0434. The van der Waals surface area contributed by atoms with Crippen molar-refractivity contribution in [3.05, 3.63) is 47.5 Å². The van der Waals surface area contributed by atoms with Crippen LogP contribution < -0.4 is 5.32 Å². The van der Waals surface area contributed by atoms with Crippen LogP contribution in [0.15, 0.2) is 34.9 Å². The van der Waals surface area contributed by atoms with E-state index in [1.54, 1.807) is 19.1 Å². The molecule has 0 aliphatic rings. The first kappa shape index (κ1) is 23.5. The van der Waals surface area contributed by atoms with Gasteiger partial charge in [-0.25, -0.2) is 4.39 Å². The summed E-state index contributed by atoms with van der Waals surface area (Å²) in [6, 6.07) is 7.17. The lowest BCUT2D eigenvalue weighted by Gasteiger charge is -2.29. The number of aryl methyl sites for hydroxylation is 1. The van der Waals surface area contributed by atoms with E-state index in [4.69, 9.17) is 4.52 Å². The number of nitrogens with zero attached hydrogens (tertiary/aromatic N) is 3. The monoisotopic (exact) mass is 418 g/mol. The van der Waals surface area contributed by atoms with Gasteiger partial charge in [0.2, 0.25) is 5.91 Å². The van der Waals surface area contributed by atoms with Gasteiger partial charge in [-0.05, 0) is 58.5 Å². The van der Waals surface area contributed by atoms with Crippen LogP contribution in [-0.4, -0.2) is 59.0 Å². The molecule has 2 amide bonds. The first-order valence-corrected chi connectivity index (χ1v) is 10.4. The van der Waals surface area contributed by atoms with E-state index in [-0.39, 0.29) is 24.0 Å². The normalized spacial score (nSPS) is 12.1. The molecule has 0 unspecified atom stereocenters. The SMILES string of the molecule is CCN(CC)CCC[C@H](C)N(CC(=O)Nc1cc(C)on1)C(=O)c1ccccc1F. The standard InChI is InChI=1S/C22H31FN4O3/c1-5-26(6-2)13-9-10-16(3)27(22(29)18-11-7-8-12-19(18)23)15-21(28)24-20-14-17(4)30-25-20/h7-8,11-12,14,16H,5-6,9-10,13,15H2,1-4H3,(H,24,25,28)/t16-/m0/s1. The highest BCUT2D eigenvalue weighted by atomic mass is 19.1. The summed E-state index contributed by atoms with van der Waals surface area (Å²) in [4.78, 5) is 29.3. The molecular formula is C22H31FN4O3. The van der Waals surface area contributed by atoms with Crippen LogP contribution in [0.4, 0.5) is 10.2 Å². The number of rotatable bonds is 11. The minimum atomic E-state index is -0.602. The number of hydrogen-bond donors (Lipinski definition) is 1. The second kappa shape index (κ2) is 11.4. The Morgan fingerprint density at radius 2 is 1.93 bits per heavy atom. The number of nitrogens with one attached hydrogen (secondary N) is 1. The van der Waals surface area contributed by atoms with Crippen LogP contribution in [0.2, 0.25) is 0 Å². The molecule has 0 saturated heterocycles. The number of hydrogen-bond acceptors (Lipinski definition) is 5. The summed E-state index contributed by atoms with van der Waals surface area (Å²) in [5, 5.41) is 6.36. The smallest absolute Gasteiger partial charge is 0.257 e. The molecule has 30 heavy (non-hydrogen) atoms. The van der Waals surface area contributed by atoms with Crippen molar-refractivity contribution in [1.82, 2.24) is 15.0 Å². The van der Waals surface area contributed by atoms with Crippen molar-refractivity contribution < 1.29 is 18.5 Å². The van der Waals surface area contributed by atoms with Crippen LogP contribution in [0.3, 0.4) is 0 Å². The summed E-state index contributed by atoms with van der Waals surface area (Å²) >= 11 is 0. The molecule has 0 saturated carbocycles. The molecule has 0 radical (unpaired) electrons. The Hall–Kier alpha value is -2.74. The van der Waals surface area contributed by atoms with Crippen LogP contribution in [0, 0.1) is 12.7 Å². The van der Waals surface area contributed by atoms with Gasteiger partial charge in [0.15, 0.2) is 5.82 Å². The molecule has 7 nitrogen and oxygen atoms in total. The zero-order chi connectivity index (χ0) is 22.1. The van der Waals surface area contributed by atoms with Gasteiger partial charge in [-0.2, -0.15) is 0 Å². The van der Waals surface area contributed by atoms with Crippen LogP contribution in [0.1, 0.15) is 49.7 Å². The Labute approximate surface area is 177 Å². The molecule has 0 bridgehead atoms. The highest BCUT2D eigenvalue weighted by molar-refractivity contribution is 5.99. The Bertz CT molecular complexity index is 835. The number of anilines is 1. The van der Waals surface area contributed by atoms with E-state index in [1.165, 1.54) is 23.1 Å². The molecule has 2 rings (SSSR count). The largest absolute Gasteiger partial charge is 0.360 e. The van der Waals surface area contributed by atoms with E-state index in [9.17, 15) is 14.0 Å². The van der Waals surface area contributed by atoms with Gasteiger partial charge in [-0.15, -0.1) is 0 Å². The van der Waals surface area contributed by atoms with Crippen molar-refractivity contribution in [2.75, 3.05) is 31.5 Å². The van der Waals surface area contributed by atoms with E-state index >= 15 is 0 Å². The Morgan fingerprint density at radius 1 is 1.23 bits per heavy atom. The van der Waals surface area contributed by atoms with Gasteiger partial charge in [-0.1, -0.05) is 31.1 Å². The minimum absolute atomic E-state index is 0.0434. The van der Waals surface area contributed by atoms with Crippen molar-refractivity contribution in [3.8, 4) is 0 Å². The molecule has 0 fully saturated rings. The molecule has 1 heterocycles. The van der Waals surface area contributed by atoms with Crippen LogP contribution in [0.25, 0.3) is 0 Å². The first-order chi connectivity index (χ1) is 14.3. The Morgan fingerprint density at radius 3 is 2.53 bits per heavy atom. The number of halogens is 1. The fourth-order valence-corrected chi connectivity index (χ4v) is 3.29. The third-order valence-corrected chi connectivity index (χ3v) is 5.10. The predicted octanol–water partition coefficient (Wildman–Crippen LogP) is 3.71. The number of benzene rings is 1. The van der Waals surface area contributed by atoms with Crippen molar-refractivity contribution in [2.24, 2.45) is 0 Å². The second-order valence-corrected chi connectivity index (χ2v) is 7.30. The van der Waals surface area contributed by atoms with Crippen molar-refractivity contribution in [1.29, 1.82) is 0 Å². The van der Waals surface area contributed by atoms with Gasteiger partial charge in [0.1, 0.15) is 18.1 Å². The first-order valence-electron chi connectivity index (χ1n) is 10.4. The molecule has 8 heteroatoms. The zero-order valence-corrected chi connectivity index (χ0v) is 18.2. The lowest BCUT2D eigenvalue weighted by Crippen LogP contribution is -2.44. The topological polar surface area (TPSA) is 78.7 Å². The maximum absolute atomic E-state index is 14.2. The third kappa shape index (κ3) is 6.66. The highest BCUT2D eigenvalue weighted by Crippen LogP contribution is 2.16. The van der Waals surface area contributed by atoms with E-state index in [0.717, 1.165) is 26.1 Å². The van der Waals surface area contributed by atoms with Crippen LogP contribution in [-0.2, 0) is 4.79 Å². The van der Waals surface area contributed by atoms with Crippen molar-refractivity contribution >= 4 is 17.6 Å². The zero-order valence-electron chi connectivity index (χ0n) is 18.2.